The van der Waals surface area contributed by atoms with Crippen LogP contribution in [0, 0.1) is 0 Å². The van der Waals surface area contributed by atoms with Crippen LogP contribution in [0.2, 0.25) is 0 Å². The highest BCUT2D eigenvalue weighted by molar-refractivity contribution is 5.91. The van der Waals surface area contributed by atoms with Crippen LogP contribution in [-0.2, 0) is 4.74 Å². The van der Waals surface area contributed by atoms with Gasteiger partial charge in [0.05, 0.1) is 24.6 Å². The zero-order chi connectivity index (χ0) is 14.4. The van der Waals surface area contributed by atoms with E-state index in [0.29, 0.717) is 0 Å². The van der Waals surface area contributed by atoms with Crippen molar-refractivity contribution in [3.63, 3.8) is 0 Å². The molecule has 1 amide bonds. The normalized spacial score (nSPS) is 12.1. The smallest absolute Gasteiger partial charge is 0.273 e. The molecule has 0 radical (unpaired) electrons. The predicted molar refractivity (Wildman–Crippen MR) is 71.6 cm³/mol. The topological polar surface area (TPSA) is 89.3 Å². The fourth-order valence-corrected chi connectivity index (χ4v) is 1.61. The molecule has 1 aromatic carbocycles. The maximum absolute atomic E-state index is 11.8. The van der Waals surface area contributed by atoms with Crippen LogP contribution in [0.5, 0.6) is 0 Å². The molecule has 1 aromatic heterocycles. The molecular formula is C13H16N4O3. The second kappa shape index (κ2) is 6.78. The van der Waals surface area contributed by atoms with Crippen LogP contribution in [-0.4, -0.2) is 52.4 Å². The Balaban J connectivity index is 1.97. The van der Waals surface area contributed by atoms with Crippen LogP contribution in [0.4, 0.5) is 0 Å². The Hall–Kier alpha value is -2.25. The number of nitrogens with one attached hydrogen (secondary N) is 1. The van der Waals surface area contributed by atoms with Gasteiger partial charge in [-0.25, -0.2) is 0 Å². The highest BCUT2D eigenvalue weighted by Crippen LogP contribution is 2.04. The molecule has 0 aliphatic heterocycles. The number of ether oxygens (including phenoxy) is 1. The molecule has 106 valence electrons. The fraction of sp³-hybridized carbons (Fsp3) is 0.308. The molecule has 2 N–H and O–H groups in total. The number of para-hydroxylation sites is 1. The molecular weight excluding hydrogens is 260 g/mol. The lowest BCUT2D eigenvalue weighted by molar-refractivity contribution is 0.0608. The van der Waals surface area contributed by atoms with Gasteiger partial charge in [0.2, 0.25) is 0 Å². The summed E-state index contributed by atoms with van der Waals surface area (Å²) < 4.78 is 4.77. The zero-order valence-electron chi connectivity index (χ0n) is 11.1. The summed E-state index contributed by atoms with van der Waals surface area (Å²) in [6.07, 6.45) is 0.638. The molecule has 0 bridgehead atoms. The summed E-state index contributed by atoms with van der Waals surface area (Å²) in [6, 6.07) is 9.28. The second-order valence-corrected chi connectivity index (χ2v) is 4.17. The van der Waals surface area contributed by atoms with Gasteiger partial charge in [-0.3, -0.25) is 4.79 Å². The van der Waals surface area contributed by atoms with Crippen LogP contribution in [0.25, 0.3) is 5.69 Å². The third kappa shape index (κ3) is 3.62. The number of carbonyl (C=O) groups is 1. The van der Waals surface area contributed by atoms with Crippen LogP contribution < -0.4 is 5.32 Å². The molecule has 7 nitrogen and oxygen atoms in total. The van der Waals surface area contributed by atoms with Gasteiger partial charge in [0.25, 0.3) is 5.91 Å². The largest absolute Gasteiger partial charge is 0.389 e. The van der Waals surface area contributed by atoms with Gasteiger partial charge in [0.15, 0.2) is 5.69 Å². The molecule has 0 saturated carbocycles. The highest BCUT2D eigenvalue weighted by atomic mass is 16.5. The number of nitrogens with zero attached hydrogens (tertiary/aromatic N) is 3. The number of aromatic nitrogens is 3. The van der Waals surface area contributed by atoms with Crippen molar-refractivity contribution in [1.82, 2.24) is 20.3 Å². The Morgan fingerprint density at radius 2 is 2.20 bits per heavy atom. The molecule has 0 aliphatic rings. The minimum absolute atomic E-state index is 0.102. The van der Waals surface area contributed by atoms with Gasteiger partial charge in [-0.15, -0.1) is 5.10 Å². The second-order valence-electron chi connectivity index (χ2n) is 4.17. The van der Waals surface area contributed by atoms with Gasteiger partial charge < -0.3 is 15.2 Å². The minimum atomic E-state index is -0.742. The molecule has 2 rings (SSSR count). The number of hydrogen-bond acceptors (Lipinski definition) is 5. The van der Waals surface area contributed by atoms with Crippen molar-refractivity contribution < 1.29 is 14.6 Å². The average Bonchev–Trinajstić information content (AvgIpc) is 2.96. The maximum atomic E-state index is 11.8. The number of aliphatic hydroxyl groups excluding tert-OH is 1. The van der Waals surface area contributed by atoms with Crippen molar-refractivity contribution in [2.45, 2.75) is 6.10 Å². The van der Waals surface area contributed by atoms with Gasteiger partial charge in [-0.2, -0.15) is 9.90 Å². The summed E-state index contributed by atoms with van der Waals surface area (Å²) in [5.41, 5.74) is 0.962. The lowest BCUT2D eigenvalue weighted by Gasteiger charge is -2.09. The van der Waals surface area contributed by atoms with E-state index < -0.39 is 6.10 Å². The monoisotopic (exact) mass is 276 g/mol. The third-order valence-electron chi connectivity index (χ3n) is 2.57. The third-order valence-corrected chi connectivity index (χ3v) is 2.57. The molecule has 7 heteroatoms. The van der Waals surface area contributed by atoms with E-state index in [1.165, 1.54) is 18.1 Å². The van der Waals surface area contributed by atoms with Crippen LogP contribution in [0.1, 0.15) is 10.5 Å². The number of carbonyl (C=O) groups excluding carboxylic acids is 1. The van der Waals surface area contributed by atoms with Gasteiger partial charge in [0.1, 0.15) is 0 Å². The van der Waals surface area contributed by atoms with Crippen molar-refractivity contribution in [3.05, 3.63) is 42.2 Å². The number of aliphatic hydroxyl groups is 1. The minimum Gasteiger partial charge on any atom is -0.389 e. The van der Waals surface area contributed by atoms with Gasteiger partial charge in [-0.05, 0) is 12.1 Å². The Kier molecular flexibility index (Phi) is 4.80. The summed E-state index contributed by atoms with van der Waals surface area (Å²) in [5, 5.41) is 20.1. The van der Waals surface area contributed by atoms with Crippen molar-refractivity contribution in [2.24, 2.45) is 0 Å². The first-order chi connectivity index (χ1) is 9.70. The van der Waals surface area contributed by atoms with E-state index in [2.05, 4.69) is 15.5 Å². The van der Waals surface area contributed by atoms with E-state index in [1.54, 1.807) is 0 Å². The molecule has 20 heavy (non-hydrogen) atoms. The van der Waals surface area contributed by atoms with Crippen LogP contribution in [0.15, 0.2) is 36.5 Å². The van der Waals surface area contributed by atoms with Crippen LogP contribution in [0.3, 0.4) is 0 Å². The molecule has 1 unspecified atom stereocenters. The Morgan fingerprint density at radius 3 is 2.90 bits per heavy atom. The number of methoxy groups -OCH3 is 1. The fourth-order valence-electron chi connectivity index (χ4n) is 1.61. The quantitative estimate of drug-likeness (QED) is 0.775. The number of benzene rings is 1. The maximum Gasteiger partial charge on any atom is 0.273 e. The number of hydrogen-bond donors (Lipinski definition) is 2. The molecule has 0 spiro atoms. The lowest BCUT2D eigenvalue weighted by Crippen LogP contribution is -2.34. The molecule has 0 aliphatic carbocycles. The summed E-state index contributed by atoms with van der Waals surface area (Å²) in [7, 11) is 1.48. The van der Waals surface area contributed by atoms with Crippen molar-refractivity contribution in [3.8, 4) is 5.69 Å². The Morgan fingerprint density at radius 1 is 1.45 bits per heavy atom. The van der Waals surface area contributed by atoms with Crippen LogP contribution >= 0.6 is 0 Å². The van der Waals surface area contributed by atoms with E-state index >= 15 is 0 Å². The summed E-state index contributed by atoms with van der Waals surface area (Å²) >= 11 is 0. The van der Waals surface area contributed by atoms with E-state index in [0.717, 1.165) is 5.69 Å². The average molecular weight is 276 g/mol. The van der Waals surface area contributed by atoms with Gasteiger partial charge in [0, 0.05) is 13.7 Å². The van der Waals surface area contributed by atoms with Crippen molar-refractivity contribution in [2.75, 3.05) is 20.3 Å². The van der Waals surface area contributed by atoms with E-state index in [4.69, 9.17) is 4.74 Å². The Labute approximate surface area is 116 Å². The van der Waals surface area contributed by atoms with E-state index in [9.17, 15) is 9.90 Å². The SMILES string of the molecule is COCC(O)CNC(=O)c1cnn(-c2ccccc2)n1. The van der Waals surface area contributed by atoms with E-state index in [1.807, 2.05) is 30.3 Å². The molecule has 0 saturated heterocycles. The van der Waals surface area contributed by atoms with Crippen molar-refractivity contribution in [1.29, 1.82) is 0 Å². The highest BCUT2D eigenvalue weighted by Gasteiger charge is 2.12. The van der Waals surface area contributed by atoms with Gasteiger partial charge in [-0.1, -0.05) is 18.2 Å². The van der Waals surface area contributed by atoms with E-state index in [-0.39, 0.29) is 24.8 Å². The first-order valence-corrected chi connectivity index (χ1v) is 6.13. The predicted octanol–water partition coefficient (Wildman–Crippen LogP) is 0.00440. The summed E-state index contributed by atoms with van der Waals surface area (Å²) in [4.78, 5) is 13.2. The molecule has 0 fully saturated rings. The summed E-state index contributed by atoms with van der Waals surface area (Å²) in [6.45, 7) is 0.266. The first kappa shape index (κ1) is 14.2. The Bertz CT molecular complexity index is 556. The van der Waals surface area contributed by atoms with Crippen molar-refractivity contribution >= 4 is 5.91 Å². The first-order valence-electron chi connectivity index (χ1n) is 6.13. The number of rotatable bonds is 6. The summed E-state index contributed by atoms with van der Waals surface area (Å²) in [5.74, 6) is -0.387. The lowest BCUT2D eigenvalue weighted by atomic mass is 10.3. The molecule has 2 aromatic rings. The number of amides is 1. The molecule has 1 heterocycles. The molecule has 1 atom stereocenters. The standard InChI is InChI=1S/C13H16N4O3/c1-20-9-11(18)7-14-13(19)12-8-15-17(16-12)10-5-3-2-4-6-10/h2-6,8,11,18H,7,9H2,1H3,(H,14,19). The zero-order valence-corrected chi connectivity index (χ0v) is 11.1. The van der Waals surface area contributed by atoms with Gasteiger partial charge >= 0.3 is 0 Å².